The molecule has 0 bridgehead atoms. The number of unbranched alkanes of at least 4 members (excludes halogenated alkanes) is 1. The molecule has 0 aliphatic carbocycles. The Morgan fingerprint density at radius 1 is 1.22 bits per heavy atom. The Hall–Kier alpha value is -2.03. The van der Waals surface area contributed by atoms with Crippen LogP contribution in [0.2, 0.25) is 0 Å². The quantitative estimate of drug-likeness (QED) is 0.867. The van der Waals surface area contributed by atoms with Gasteiger partial charge in [-0.15, -0.1) is 0 Å². The maximum absolute atomic E-state index is 11.7. The maximum atomic E-state index is 11.7. The molecule has 0 fully saturated rings. The lowest BCUT2D eigenvalue weighted by Gasteiger charge is -2.08. The van der Waals surface area contributed by atoms with E-state index in [-0.39, 0.29) is 11.3 Å². The molecule has 3 nitrogen and oxygen atoms in total. The SMILES string of the molecule is CCCCc1c(O)c(-c2ccccc2)c[nH]c1=O. The van der Waals surface area contributed by atoms with Crippen LogP contribution in [-0.2, 0) is 6.42 Å². The maximum Gasteiger partial charge on any atom is 0.254 e. The summed E-state index contributed by atoms with van der Waals surface area (Å²) >= 11 is 0. The Morgan fingerprint density at radius 2 is 1.94 bits per heavy atom. The van der Waals surface area contributed by atoms with Crippen LogP contribution in [0.3, 0.4) is 0 Å². The predicted octanol–water partition coefficient (Wildman–Crippen LogP) is 3.09. The topological polar surface area (TPSA) is 53.1 Å². The molecule has 1 aromatic heterocycles. The minimum absolute atomic E-state index is 0.110. The average molecular weight is 243 g/mol. The number of aromatic hydroxyl groups is 1. The van der Waals surface area contributed by atoms with Gasteiger partial charge in [-0.05, 0) is 18.4 Å². The molecule has 0 radical (unpaired) electrons. The molecule has 0 spiro atoms. The Kier molecular flexibility index (Phi) is 3.82. The molecule has 2 rings (SSSR count). The van der Waals surface area contributed by atoms with Crippen molar-refractivity contribution in [2.24, 2.45) is 0 Å². The van der Waals surface area contributed by atoms with Crippen LogP contribution in [0, 0.1) is 0 Å². The Morgan fingerprint density at radius 3 is 2.61 bits per heavy atom. The number of hydrogen-bond acceptors (Lipinski definition) is 2. The first kappa shape index (κ1) is 12.4. The van der Waals surface area contributed by atoms with Crippen LogP contribution in [0.1, 0.15) is 25.3 Å². The second-order valence-electron chi connectivity index (χ2n) is 4.33. The molecule has 2 aromatic rings. The molecule has 18 heavy (non-hydrogen) atoms. The van der Waals surface area contributed by atoms with Gasteiger partial charge in [0.2, 0.25) is 0 Å². The van der Waals surface area contributed by atoms with E-state index in [2.05, 4.69) is 11.9 Å². The molecule has 0 aliphatic heterocycles. The highest BCUT2D eigenvalue weighted by molar-refractivity contribution is 5.70. The molecular weight excluding hydrogens is 226 g/mol. The van der Waals surface area contributed by atoms with E-state index in [4.69, 9.17) is 0 Å². The molecule has 94 valence electrons. The lowest BCUT2D eigenvalue weighted by Crippen LogP contribution is -2.12. The van der Waals surface area contributed by atoms with Crippen molar-refractivity contribution in [2.75, 3.05) is 0 Å². The molecule has 3 heteroatoms. The zero-order valence-corrected chi connectivity index (χ0v) is 10.4. The first-order valence-electron chi connectivity index (χ1n) is 6.23. The molecule has 0 amide bonds. The first-order valence-corrected chi connectivity index (χ1v) is 6.23. The van der Waals surface area contributed by atoms with E-state index in [1.807, 2.05) is 30.3 Å². The fourth-order valence-electron chi connectivity index (χ4n) is 1.99. The summed E-state index contributed by atoms with van der Waals surface area (Å²) in [4.78, 5) is 14.4. The lowest BCUT2D eigenvalue weighted by atomic mass is 10.0. The second kappa shape index (κ2) is 5.54. The number of pyridine rings is 1. The summed E-state index contributed by atoms with van der Waals surface area (Å²) in [5.74, 6) is 0.110. The summed E-state index contributed by atoms with van der Waals surface area (Å²) in [7, 11) is 0. The van der Waals surface area contributed by atoms with E-state index in [1.54, 1.807) is 6.20 Å². The van der Waals surface area contributed by atoms with E-state index in [0.717, 1.165) is 18.4 Å². The van der Waals surface area contributed by atoms with Gasteiger partial charge in [0.15, 0.2) is 0 Å². The smallest absolute Gasteiger partial charge is 0.254 e. The molecule has 0 saturated heterocycles. The van der Waals surface area contributed by atoms with Gasteiger partial charge in [0, 0.05) is 11.8 Å². The first-order chi connectivity index (χ1) is 8.74. The average Bonchev–Trinajstić information content (AvgIpc) is 2.40. The molecule has 0 aliphatic rings. The van der Waals surface area contributed by atoms with Crippen LogP contribution in [0.15, 0.2) is 41.3 Å². The Bertz CT molecular complexity index is 573. The minimum Gasteiger partial charge on any atom is -0.507 e. The fraction of sp³-hybridized carbons (Fsp3) is 0.267. The molecule has 1 aromatic carbocycles. The van der Waals surface area contributed by atoms with Gasteiger partial charge in [0.05, 0.1) is 5.56 Å². The van der Waals surface area contributed by atoms with Crippen molar-refractivity contribution in [1.82, 2.24) is 4.98 Å². The molecule has 0 saturated carbocycles. The highest BCUT2D eigenvalue weighted by Gasteiger charge is 2.12. The number of benzene rings is 1. The summed E-state index contributed by atoms with van der Waals surface area (Å²) in [5.41, 5.74) is 1.88. The van der Waals surface area contributed by atoms with Crippen LogP contribution in [0.4, 0.5) is 0 Å². The molecular formula is C15H17NO2. The molecule has 0 unspecified atom stereocenters. The van der Waals surface area contributed by atoms with Gasteiger partial charge in [-0.3, -0.25) is 4.79 Å². The van der Waals surface area contributed by atoms with Gasteiger partial charge < -0.3 is 10.1 Å². The molecule has 0 atom stereocenters. The van der Waals surface area contributed by atoms with E-state index >= 15 is 0 Å². The largest absolute Gasteiger partial charge is 0.507 e. The van der Waals surface area contributed by atoms with Crippen molar-refractivity contribution in [3.63, 3.8) is 0 Å². The van der Waals surface area contributed by atoms with Gasteiger partial charge >= 0.3 is 0 Å². The van der Waals surface area contributed by atoms with Crippen LogP contribution in [-0.4, -0.2) is 10.1 Å². The Labute approximate surface area is 106 Å². The Balaban J connectivity index is 2.48. The minimum atomic E-state index is -0.194. The summed E-state index contributed by atoms with van der Waals surface area (Å²) in [6.07, 6.45) is 4.07. The van der Waals surface area contributed by atoms with Crippen LogP contribution in [0.25, 0.3) is 11.1 Å². The second-order valence-corrected chi connectivity index (χ2v) is 4.33. The van der Waals surface area contributed by atoms with Crippen molar-refractivity contribution in [3.05, 3.63) is 52.4 Å². The van der Waals surface area contributed by atoms with Crippen LogP contribution in [0.5, 0.6) is 5.75 Å². The number of aromatic nitrogens is 1. The predicted molar refractivity (Wildman–Crippen MR) is 72.8 cm³/mol. The molecule has 2 N–H and O–H groups in total. The highest BCUT2D eigenvalue weighted by Crippen LogP contribution is 2.29. The third-order valence-electron chi connectivity index (χ3n) is 3.03. The normalized spacial score (nSPS) is 10.5. The highest BCUT2D eigenvalue weighted by atomic mass is 16.3. The molecule has 1 heterocycles. The van der Waals surface area contributed by atoms with E-state index < -0.39 is 0 Å². The number of nitrogens with one attached hydrogen (secondary N) is 1. The summed E-state index contributed by atoms with van der Waals surface area (Å²) < 4.78 is 0. The number of aromatic amines is 1. The van der Waals surface area contributed by atoms with Gasteiger partial charge in [-0.1, -0.05) is 43.7 Å². The van der Waals surface area contributed by atoms with Crippen LogP contribution < -0.4 is 5.56 Å². The van der Waals surface area contributed by atoms with Gasteiger partial charge in [0.25, 0.3) is 5.56 Å². The number of H-pyrrole nitrogens is 1. The monoisotopic (exact) mass is 243 g/mol. The third kappa shape index (κ3) is 2.45. The number of hydrogen-bond donors (Lipinski definition) is 2. The number of rotatable bonds is 4. The van der Waals surface area contributed by atoms with Crippen LogP contribution >= 0.6 is 0 Å². The fourth-order valence-corrected chi connectivity index (χ4v) is 1.99. The van der Waals surface area contributed by atoms with E-state index in [0.29, 0.717) is 17.5 Å². The van der Waals surface area contributed by atoms with E-state index in [1.165, 1.54) is 0 Å². The van der Waals surface area contributed by atoms with Crippen molar-refractivity contribution in [2.45, 2.75) is 26.2 Å². The standard InChI is InChI=1S/C15H17NO2/c1-2-3-9-12-14(17)13(10-16-15(12)18)11-7-5-4-6-8-11/h4-8,10H,2-3,9H2,1H3,(H2,16,17,18). The van der Waals surface area contributed by atoms with E-state index in [9.17, 15) is 9.90 Å². The van der Waals surface area contributed by atoms with Crippen molar-refractivity contribution >= 4 is 0 Å². The third-order valence-corrected chi connectivity index (χ3v) is 3.03. The lowest BCUT2D eigenvalue weighted by molar-refractivity contribution is 0.466. The van der Waals surface area contributed by atoms with Crippen molar-refractivity contribution < 1.29 is 5.11 Å². The van der Waals surface area contributed by atoms with Gasteiger partial charge in [-0.2, -0.15) is 0 Å². The van der Waals surface area contributed by atoms with Crippen molar-refractivity contribution in [1.29, 1.82) is 0 Å². The van der Waals surface area contributed by atoms with Gasteiger partial charge in [0.1, 0.15) is 5.75 Å². The summed E-state index contributed by atoms with van der Waals surface area (Å²) in [6.45, 7) is 2.06. The summed E-state index contributed by atoms with van der Waals surface area (Å²) in [6, 6.07) is 9.56. The van der Waals surface area contributed by atoms with Gasteiger partial charge in [-0.25, -0.2) is 0 Å². The van der Waals surface area contributed by atoms with Crippen molar-refractivity contribution in [3.8, 4) is 16.9 Å². The zero-order chi connectivity index (χ0) is 13.0. The summed E-state index contributed by atoms with van der Waals surface area (Å²) in [5, 5.41) is 10.2. The zero-order valence-electron chi connectivity index (χ0n) is 10.4.